The molecule has 9 heteroatoms. The minimum absolute atomic E-state index is 0.0142. The summed E-state index contributed by atoms with van der Waals surface area (Å²) < 4.78 is 35.8. The summed E-state index contributed by atoms with van der Waals surface area (Å²) in [6.07, 6.45) is 5.22. The maximum atomic E-state index is 14.2. The number of aliphatic carboxylic acids is 1. The van der Waals surface area contributed by atoms with Crippen molar-refractivity contribution < 1.29 is 32.8 Å². The first-order valence-corrected chi connectivity index (χ1v) is 9.71. The number of halogens is 2. The largest absolute Gasteiger partial charge is 0.550 e. The number of rotatable bonds is 7. The number of nitrogens with zero attached hydrogens (tertiary/aromatic N) is 1. The predicted octanol–water partition coefficient (Wildman–Crippen LogP) is 2.47. The standard InChI is InChI=1S/C22H18F2N2O5/c23-14-8-12-18(10-16(14)27)31-19-11-17(28)15(24)9-13(19)21(12)22-25-5-7-26(22)6-3-1-2-4-20(29)30/h5,7-11H,1-4,6H2,(H2,27,28,29,30). The molecule has 31 heavy (non-hydrogen) atoms. The fraction of sp³-hybridized carbons (Fsp3) is 0.227. The Morgan fingerprint density at radius 2 is 1.94 bits per heavy atom. The number of phenolic OH excluding ortho intramolecular Hbond substituents is 1. The molecule has 1 aromatic heterocycles. The van der Waals surface area contributed by atoms with Gasteiger partial charge < -0.3 is 19.4 Å². The number of imidazole rings is 1. The average Bonchev–Trinajstić information content (AvgIpc) is 3.16. The van der Waals surface area contributed by atoms with Gasteiger partial charge in [-0.2, -0.15) is 0 Å². The molecule has 4 rings (SSSR count). The van der Waals surface area contributed by atoms with Crippen molar-refractivity contribution in [1.82, 2.24) is 4.98 Å². The molecule has 1 aliphatic carbocycles. The number of carboxylic acids is 1. The van der Waals surface area contributed by atoms with Gasteiger partial charge in [0, 0.05) is 29.1 Å². The molecule has 0 amide bonds. The van der Waals surface area contributed by atoms with Crippen LogP contribution in [0.1, 0.15) is 25.7 Å². The Bertz CT molecular complexity index is 1310. The molecule has 2 aromatic rings. The van der Waals surface area contributed by atoms with Gasteiger partial charge in [-0.15, -0.1) is 0 Å². The zero-order valence-electron chi connectivity index (χ0n) is 16.3. The van der Waals surface area contributed by atoms with E-state index in [1.54, 1.807) is 12.4 Å². The van der Waals surface area contributed by atoms with Gasteiger partial charge in [0.25, 0.3) is 5.82 Å². The normalized spacial score (nSPS) is 11.4. The van der Waals surface area contributed by atoms with Crippen LogP contribution in [0.4, 0.5) is 8.78 Å². The summed E-state index contributed by atoms with van der Waals surface area (Å²) in [5.41, 5.74) is -0.0423. The van der Waals surface area contributed by atoms with Crippen molar-refractivity contribution in [2.75, 3.05) is 0 Å². The number of unbranched alkanes of at least 4 members (excludes halogenated alkanes) is 2. The SMILES string of the molecule is O=C([O-])CCCCC[n+]1cc[nH]c1-c1c2cc(F)c(=O)cc-2oc2cc(O)c(F)cc12. The van der Waals surface area contributed by atoms with Crippen LogP contribution in [-0.2, 0) is 11.3 Å². The first kappa shape index (κ1) is 20.5. The van der Waals surface area contributed by atoms with Crippen molar-refractivity contribution in [2.24, 2.45) is 0 Å². The second-order valence-corrected chi connectivity index (χ2v) is 7.24. The Kier molecular flexibility index (Phi) is 5.41. The van der Waals surface area contributed by atoms with Gasteiger partial charge >= 0.3 is 0 Å². The highest BCUT2D eigenvalue weighted by atomic mass is 19.1. The molecule has 2 aliphatic rings. The number of aromatic nitrogens is 2. The molecule has 0 atom stereocenters. The number of carbonyl (C=O) groups is 1. The van der Waals surface area contributed by atoms with Crippen molar-refractivity contribution in [3.63, 3.8) is 0 Å². The molecule has 0 radical (unpaired) electrons. The molecule has 0 saturated carbocycles. The van der Waals surface area contributed by atoms with Crippen molar-refractivity contribution in [3.05, 3.63) is 58.5 Å². The third-order valence-corrected chi connectivity index (χ3v) is 5.12. The van der Waals surface area contributed by atoms with Crippen LogP contribution in [0.2, 0.25) is 0 Å². The molecule has 0 fully saturated rings. The zero-order valence-corrected chi connectivity index (χ0v) is 16.3. The molecule has 2 N–H and O–H groups in total. The van der Waals surface area contributed by atoms with Crippen LogP contribution < -0.4 is 15.1 Å². The minimum Gasteiger partial charge on any atom is -0.550 e. The Labute approximate surface area is 174 Å². The second-order valence-electron chi connectivity index (χ2n) is 7.24. The highest BCUT2D eigenvalue weighted by Gasteiger charge is 2.26. The highest BCUT2D eigenvalue weighted by molar-refractivity contribution is 6.00. The number of aromatic hydroxyl groups is 1. The van der Waals surface area contributed by atoms with Crippen LogP contribution in [0.3, 0.4) is 0 Å². The van der Waals surface area contributed by atoms with Crippen LogP contribution in [0, 0.1) is 11.6 Å². The number of carbonyl (C=O) groups excluding carboxylic acids is 1. The molecule has 0 saturated heterocycles. The number of phenols is 1. The van der Waals surface area contributed by atoms with Crippen LogP contribution >= 0.6 is 0 Å². The van der Waals surface area contributed by atoms with E-state index in [-0.39, 0.29) is 28.7 Å². The number of hydrogen-bond acceptors (Lipinski definition) is 5. The summed E-state index contributed by atoms with van der Waals surface area (Å²) in [4.78, 5) is 25.4. The average molecular weight is 428 g/mol. The fourth-order valence-electron chi connectivity index (χ4n) is 3.65. The first-order valence-electron chi connectivity index (χ1n) is 9.71. The first-order chi connectivity index (χ1) is 14.8. The number of aryl methyl sites for hydroxylation is 1. The monoisotopic (exact) mass is 428 g/mol. The Hall–Kier alpha value is -3.75. The Balaban J connectivity index is 1.84. The number of benzene rings is 2. The van der Waals surface area contributed by atoms with E-state index in [0.717, 1.165) is 24.3 Å². The van der Waals surface area contributed by atoms with E-state index in [9.17, 15) is 28.6 Å². The van der Waals surface area contributed by atoms with E-state index in [0.29, 0.717) is 37.2 Å². The summed E-state index contributed by atoms with van der Waals surface area (Å²) in [5.74, 6) is -2.93. The van der Waals surface area contributed by atoms with Crippen molar-refractivity contribution >= 4 is 16.9 Å². The van der Waals surface area contributed by atoms with Crippen molar-refractivity contribution in [3.8, 4) is 28.5 Å². The molecular formula is C22H18F2N2O5. The van der Waals surface area contributed by atoms with E-state index in [2.05, 4.69) is 4.98 Å². The van der Waals surface area contributed by atoms with Gasteiger partial charge in [0.2, 0.25) is 5.43 Å². The highest BCUT2D eigenvalue weighted by Crippen LogP contribution is 2.40. The van der Waals surface area contributed by atoms with Gasteiger partial charge in [-0.05, 0) is 37.8 Å². The van der Waals surface area contributed by atoms with Gasteiger partial charge in [0.1, 0.15) is 23.7 Å². The molecule has 1 aromatic carbocycles. The number of nitrogens with one attached hydrogen (secondary N) is 1. The van der Waals surface area contributed by atoms with Gasteiger partial charge in [-0.25, -0.2) is 18.3 Å². The number of aromatic amines is 1. The second kappa shape index (κ2) is 8.17. The Morgan fingerprint density at radius 1 is 1.13 bits per heavy atom. The number of fused-ring (bicyclic) bond motifs is 2. The lowest BCUT2D eigenvalue weighted by Crippen LogP contribution is -2.34. The molecule has 0 spiro atoms. The molecule has 0 unspecified atom stereocenters. The summed E-state index contributed by atoms with van der Waals surface area (Å²) in [5, 5.41) is 20.6. The van der Waals surface area contributed by atoms with Gasteiger partial charge in [0.15, 0.2) is 17.4 Å². The van der Waals surface area contributed by atoms with Gasteiger partial charge in [0.05, 0.1) is 12.1 Å². The van der Waals surface area contributed by atoms with Crippen LogP contribution in [-0.4, -0.2) is 16.1 Å². The third kappa shape index (κ3) is 3.98. The lowest BCUT2D eigenvalue weighted by atomic mass is 9.98. The molecule has 2 heterocycles. The maximum absolute atomic E-state index is 14.2. The van der Waals surface area contributed by atoms with Crippen LogP contribution in [0.15, 0.2) is 45.9 Å². The molecular weight excluding hydrogens is 410 g/mol. The van der Waals surface area contributed by atoms with Gasteiger partial charge in [-0.1, -0.05) is 0 Å². The van der Waals surface area contributed by atoms with Crippen LogP contribution in [0.25, 0.3) is 33.7 Å². The lowest BCUT2D eigenvalue weighted by Gasteiger charge is -2.13. The lowest BCUT2D eigenvalue weighted by molar-refractivity contribution is -0.685. The zero-order chi connectivity index (χ0) is 22.1. The summed E-state index contributed by atoms with van der Waals surface area (Å²) in [6, 6.07) is 4.26. The van der Waals surface area contributed by atoms with E-state index in [1.807, 2.05) is 4.57 Å². The summed E-state index contributed by atoms with van der Waals surface area (Å²) in [6.45, 7) is 0.517. The summed E-state index contributed by atoms with van der Waals surface area (Å²) >= 11 is 0. The van der Waals surface area contributed by atoms with Crippen molar-refractivity contribution in [1.29, 1.82) is 0 Å². The quantitative estimate of drug-likeness (QED) is 0.267. The summed E-state index contributed by atoms with van der Waals surface area (Å²) in [7, 11) is 0. The minimum atomic E-state index is -1.09. The topological polar surface area (TPSA) is 110 Å². The molecule has 160 valence electrons. The fourth-order valence-corrected chi connectivity index (χ4v) is 3.65. The van der Waals surface area contributed by atoms with Crippen LogP contribution in [0.5, 0.6) is 5.75 Å². The van der Waals surface area contributed by atoms with E-state index >= 15 is 0 Å². The Morgan fingerprint density at radius 3 is 2.71 bits per heavy atom. The van der Waals surface area contributed by atoms with Gasteiger partial charge in [-0.3, -0.25) is 4.79 Å². The smallest absolute Gasteiger partial charge is 0.288 e. The molecule has 0 bridgehead atoms. The van der Waals surface area contributed by atoms with E-state index in [4.69, 9.17) is 4.42 Å². The van der Waals surface area contributed by atoms with Crippen molar-refractivity contribution in [2.45, 2.75) is 32.2 Å². The number of carboxylic acid groups (broad SMARTS) is 1. The molecule has 1 aliphatic heterocycles. The number of H-pyrrole nitrogens is 1. The number of hydrogen-bond donors (Lipinski definition) is 2. The maximum Gasteiger partial charge on any atom is 0.288 e. The van der Waals surface area contributed by atoms with E-state index < -0.39 is 28.8 Å². The van der Waals surface area contributed by atoms with E-state index in [1.165, 1.54) is 0 Å². The third-order valence-electron chi connectivity index (χ3n) is 5.12. The molecule has 7 nitrogen and oxygen atoms in total. The predicted molar refractivity (Wildman–Crippen MR) is 104 cm³/mol.